The second kappa shape index (κ2) is 7.36. The molecule has 1 unspecified atom stereocenters. The van der Waals surface area contributed by atoms with E-state index in [1.54, 1.807) is 31.3 Å². The summed E-state index contributed by atoms with van der Waals surface area (Å²) in [4.78, 5) is 0. The van der Waals surface area contributed by atoms with E-state index in [2.05, 4.69) is 19.2 Å². The highest BCUT2D eigenvalue weighted by molar-refractivity contribution is 5.38. The maximum absolute atomic E-state index is 14.7. The van der Waals surface area contributed by atoms with Gasteiger partial charge in [-0.1, -0.05) is 38.1 Å². The monoisotopic (exact) mass is 305 g/mol. The fourth-order valence-electron chi connectivity index (χ4n) is 2.39. The SMILES string of the molecule is CNC(CC(C)C)c1ccc(F)c(Oc2ccccc2)c1F. The lowest BCUT2D eigenvalue weighted by molar-refractivity contribution is 0.388. The van der Waals surface area contributed by atoms with Crippen molar-refractivity contribution in [2.24, 2.45) is 5.92 Å². The molecular weight excluding hydrogens is 284 g/mol. The van der Waals surface area contributed by atoms with Gasteiger partial charge in [-0.2, -0.15) is 0 Å². The first-order valence-corrected chi connectivity index (χ1v) is 7.41. The molecule has 0 heterocycles. The molecule has 118 valence electrons. The second-order valence-corrected chi connectivity index (χ2v) is 5.67. The third kappa shape index (κ3) is 3.83. The van der Waals surface area contributed by atoms with E-state index < -0.39 is 11.6 Å². The Morgan fingerprint density at radius 3 is 2.32 bits per heavy atom. The van der Waals surface area contributed by atoms with Crippen molar-refractivity contribution in [3.05, 3.63) is 59.7 Å². The van der Waals surface area contributed by atoms with Crippen LogP contribution in [0.25, 0.3) is 0 Å². The molecule has 0 saturated carbocycles. The average molecular weight is 305 g/mol. The second-order valence-electron chi connectivity index (χ2n) is 5.67. The van der Waals surface area contributed by atoms with Crippen LogP contribution in [0.3, 0.4) is 0 Å². The molecule has 2 aromatic carbocycles. The van der Waals surface area contributed by atoms with Crippen LogP contribution in [0.15, 0.2) is 42.5 Å². The zero-order valence-electron chi connectivity index (χ0n) is 13.1. The normalized spacial score (nSPS) is 12.5. The molecule has 0 fully saturated rings. The zero-order valence-corrected chi connectivity index (χ0v) is 13.1. The molecular formula is C18H21F2NO. The fourth-order valence-corrected chi connectivity index (χ4v) is 2.39. The summed E-state index contributed by atoms with van der Waals surface area (Å²) in [5.74, 6) is -0.913. The molecule has 2 aromatic rings. The summed E-state index contributed by atoms with van der Waals surface area (Å²) in [6.45, 7) is 4.13. The van der Waals surface area contributed by atoms with Gasteiger partial charge < -0.3 is 10.1 Å². The minimum absolute atomic E-state index is 0.182. The Kier molecular flexibility index (Phi) is 5.50. The van der Waals surface area contributed by atoms with Crippen molar-refractivity contribution in [1.82, 2.24) is 5.32 Å². The van der Waals surface area contributed by atoms with E-state index in [9.17, 15) is 8.78 Å². The van der Waals surface area contributed by atoms with E-state index in [0.29, 0.717) is 17.2 Å². The van der Waals surface area contributed by atoms with Gasteiger partial charge in [0.15, 0.2) is 17.4 Å². The van der Waals surface area contributed by atoms with Crippen LogP contribution in [0.2, 0.25) is 0 Å². The molecule has 1 atom stereocenters. The Hall–Kier alpha value is -1.94. The number of hydrogen-bond donors (Lipinski definition) is 1. The van der Waals surface area contributed by atoms with Crippen molar-refractivity contribution in [1.29, 1.82) is 0 Å². The highest BCUT2D eigenvalue weighted by atomic mass is 19.1. The fraction of sp³-hybridized carbons (Fsp3) is 0.333. The van der Waals surface area contributed by atoms with Crippen LogP contribution in [0.5, 0.6) is 11.5 Å². The Morgan fingerprint density at radius 2 is 1.73 bits per heavy atom. The van der Waals surface area contributed by atoms with Crippen LogP contribution in [0.1, 0.15) is 31.9 Å². The van der Waals surface area contributed by atoms with Crippen LogP contribution in [-0.4, -0.2) is 7.05 Å². The molecule has 0 aliphatic heterocycles. The quantitative estimate of drug-likeness (QED) is 0.805. The molecule has 0 spiro atoms. The molecule has 0 saturated heterocycles. The van der Waals surface area contributed by atoms with Gasteiger partial charge in [-0.3, -0.25) is 0 Å². The van der Waals surface area contributed by atoms with Gasteiger partial charge in [0.05, 0.1) is 0 Å². The highest BCUT2D eigenvalue weighted by Gasteiger charge is 2.22. The van der Waals surface area contributed by atoms with Crippen LogP contribution in [0.4, 0.5) is 8.78 Å². The van der Waals surface area contributed by atoms with Gasteiger partial charge in [-0.25, -0.2) is 8.78 Å². The van der Waals surface area contributed by atoms with Gasteiger partial charge in [-0.05, 0) is 37.6 Å². The Labute approximate surface area is 130 Å². The summed E-state index contributed by atoms with van der Waals surface area (Å²) in [5, 5.41) is 3.08. The summed E-state index contributed by atoms with van der Waals surface area (Å²) in [6, 6.07) is 11.2. The molecule has 2 rings (SSSR count). The third-order valence-corrected chi connectivity index (χ3v) is 3.47. The van der Waals surface area contributed by atoms with Crippen molar-refractivity contribution in [2.45, 2.75) is 26.3 Å². The number of nitrogens with one attached hydrogen (secondary N) is 1. The molecule has 0 amide bonds. The number of benzene rings is 2. The van der Waals surface area contributed by atoms with Gasteiger partial charge in [0.2, 0.25) is 0 Å². The first kappa shape index (κ1) is 16.4. The smallest absolute Gasteiger partial charge is 0.198 e. The molecule has 2 nitrogen and oxygen atoms in total. The lowest BCUT2D eigenvalue weighted by atomic mass is 9.96. The Morgan fingerprint density at radius 1 is 1.05 bits per heavy atom. The standard InChI is InChI=1S/C18H21F2NO/c1-12(2)11-16(21-3)14-9-10-15(19)18(17(14)20)22-13-7-5-4-6-8-13/h4-10,12,16,21H,11H2,1-3H3. The minimum Gasteiger partial charge on any atom is -0.451 e. The predicted octanol–water partition coefficient (Wildman–Crippen LogP) is 5.06. The van der Waals surface area contributed by atoms with E-state index in [1.807, 2.05) is 6.07 Å². The van der Waals surface area contributed by atoms with Crippen molar-refractivity contribution in [3.8, 4) is 11.5 Å². The number of hydrogen-bond acceptors (Lipinski definition) is 2. The Bertz CT molecular complexity index is 614. The largest absolute Gasteiger partial charge is 0.451 e. The third-order valence-electron chi connectivity index (χ3n) is 3.47. The van der Waals surface area contributed by atoms with Gasteiger partial charge in [-0.15, -0.1) is 0 Å². The first-order valence-electron chi connectivity index (χ1n) is 7.41. The molecule has 4 heteroatoms. The van der Waals surface area contributed by atoms with Crippen molar-refractivity contribution in [2.75, 3.05) is 7.05 Å². The Balaban J connectivity index is 2.36. The number of para-hydroxylation sites is 1. The highest BCUT2D eigenvalue weighted by Crippen LogP contribution is 2.33. The van der Waals surface area contributed by atoms with E-state index in [0.717, 1.165) is 6.42 Å². The minimum atomic E-state index is -0.704. The van der Waals surface area contributed by atoms with E-state index in [1.165, 1.54) is 12.1 Å². The van der Waals surface area contributed by atoms with Crippen LogP contribution < -0.4 is 10.1 Å². The number of ether oxygens (including phenoxy) is 1. The molecule has 0 aromatic heterocycles. The zero-order chi connectivity index (χ0) is 16.1. The molecule has 22 heavy (non-hydrogen) atoms. The number of rotatable bonds is 6. The van der Waals surface area contributed by atoms with Crippen molar-refractivity contribution < 1.29 is 13.5 Å². The molecule has 0 radical (unpaired) electrons. The lowest BCUT2D eigenvalue weighted by Gasteiger charge is -2.20. The van der Waals surface area contributed by atoms with E-state index >= 15 is 0 Å². The predicted molar refractivity (Wildman–Crippen MR) is 84.1 cm³/mol. The van der Waals surface area contributed by atoms with Gasteiger partial charge in [0.1, 0.15) is 5.75 Å². The molecule has 1 N–H and O–H groups in total. The van der Waals surface area contributed by atoms with Crippen LogP contribution in [0, 0.1) is 17.6 Å². The summed E-state index contributed by atoms with van der Waals surface area (Å²) in [7, 11) is 1.77. The first-order chi connectivity index (χ1) is 10.5. The summed E-state index contributed by atoms with van der Waals surface area (Å²) in [5.41, 5.74) is 0.420. The van der Waals surface area contributed by atoms with Gasteiger partial charge in [0.25, 0.3) is 0 Å². The van der Waals surface area contributed by atoms with Crippen LogP contribution >= 0.6 is 0 Å². The maximum atomic E-state index is 14.7. The van der Waals surface area contributed by atoms with E-state index in [4.69, 9.17) is 4.74 Å². The van der Waals surface area contributed by atoms with E-state index in [-0.39, 0.29) is 11.8 Å². The summed E-state index contributed by atoms with van der Waals surface area (Å²) in [6.07, 6.45) is 0.754. The van der Waals surface area contributed by atoms with Crippen molar-refractivity contribution >= 4 is 0 Å². The van der Waals surface area contributed by atoms with Gasteiger partial charge in [0, 0.05) is 11.6 Å². The molecule has 0 bridgehead atoms. The van der Waals surface area contributed by atoms with Crippen molar-refractivity contribution in [3.63, 3.8) is 0 Å². The molecule has 0 aliphatic carbocycles. The van der Waals surface area contributed by atoms with Crippen LogP contribution in [-0.2, 0) is 0 Å². The average Bonchev–Trinajstić information content (AvgIpc) is 2.50. The van der Waals surface area contributed by atoms with Gasteiger partial charge >= 0.3 is 0 Å². The maximum Gasteiger partial charge on any atom is 0.198 e. The lowest BCUT2D eigenvalue weighted by Crippen LogP contribution is -2.20. The summed E-state index contributed by atoms with van der Waals surface area (Å²) >= 11 is 0. The summed E-state index contributed by atoms with van der Waals surface area (Å²) < 4.78 is 34.1. The molecule has 0 aliphatic rings. The number of halogens is 2. The topological polar surface area (TPSA) is 21.3 Å².